The fraction of sp³-hybridized carbons (Fsp3) is 0.250. The second-order valence-corrected chi connectivity index (χ2v) is 5.11. The maximum atomic E-state index is 13.2. The molecule has 0 heterocycles. The van der Waals surface area contributed by atoms with Crippen LogP contribution in [0.15, 0.2) is 27.6 Å². The van der Waals surface area contributed by atoms with E-state index in [1.807, 2.05) is 0 Å². The van der Waals surface area contributed by atoms with Crippen molar-refractivity contribution in [2.24, 2.45) is 0 Å². The average molecular weight is 282 g/mol. The molecule has 0 radical (unpaired) electrons. The van der Waals surface area contributed by atoms with Crippen molar-refractivity contribution in [1.82, 2.24) is 4.72 Å². The summed E-state index contributed by atoms with van der Waals surface area (Å²) in [5.74, 6) is -0.764. The predicted molar refractivity (Wildman–Crippen MR) is 55.0 cm³/mol. The normalized spacial score (nSPS) is 11.6. The first kappa shape index (κ1) is 11.6. The Morgan fingerprint density at radius 3 is 2.64 bits per heavy atom. The molecule has 6 heteroatoms. The molecule has 0 fully saturated rings. The lowest BCUT2D eigenvalue weighted by Crippen LogP contribution is -2.24. The van der Waals surface area contributed by atoms with Crippen molar-refractivity contribution < 1.29 is 12.8 Å². The Kier molecular flexibility index (Phi) is 3.63. The summed E-state index contributed by atoms with van der Waals surface area (Å²) >= 11 is 2.99. The van der Waals surface area contributed by atoms with E-state index in [1.165, 1.54) is 12.1 Å². The second kappa shape index (κ2) is 4.37. The molecule has 1 rings (SSSR count). The SMILES string of the molecule is CCNS(=O)(=O)c1c(F)cccc1Br. The van der Waals surface area contributed by atoms with Gasteiger partial charge in [-0.05, 0) is 28.1 Å². The van der Waals surface area contributed by atoms with Crippen molar-refractivity contribution in [3.63, 3.8) is 0 Å². The van der Waals surface area contributed by atoms with Gasteiger partial charge in [-0.25, -0.2) is 17.5 Å². The number of hydrogen-bond donors (Lipinski definition) is 1. The second-order valence-electron chi connectivity index (χ2n) is 2.55. The maximum absolute atomic E-state index is 13.2. The average Bonchev–Trinajstić information content (AvgIpc) is 2.02. The Morgan fingerprint density at radius 2 is 2.14 bits per heavy atom. The summed E-state index contributed by atoms with van der Waals surface area (Å²) < 4.78 is 38.6. The van der Waals surface area contributed by atoms with Crippen LogP contribution in [0.25, 0.3) is 0 Å². The van der Waals surface area contributed by atoms with Crippen molar-refractivity contribution in [3.05, 3.63) is 28.5 Å². The van der Waals surface area contributed by atoms with Crippen LogP contribution in [0.5, 0.6) is 0 Å². The van der Waals surface area contributed by atoms with E-state index in [1.54, 1.807) is 6.92 Å². The van der Waals surface area contributed by atoms with E-state index in [0.29, 0.717) is 0 Å². The number of nitrogens with one attached hydrogen (secondary N) is 1. The zero-order chi connectivity index (χ0) is 10.8. The summed E-state index contributed by atoms with van der Waals surface area (Å²) in [6.45, 7) is 1.86. The quantitative estimate of drug-likeness (QED) is 0.920. The Balaban J connectivity index is 3.32. The summed E-state index contributed by atoms with van der Waals surface area (Å²) in [5, 5.41) is 0. The number of rotatable bonds is 3. The number of benzene rings is 1. The highest BCUT2D eigenvalue weighted by Gasteiger charge is 2.20. The van der Waals surface area contributed by atoms with Crippen molar-refractivity contribution in [1.29, 1.82) is 0 Å². The van der Waals surface area contributed by atoms with Gasteiger partial charge in [-0.1, -0.05) is 13.0 Å². The first-order valence-corrected chi connectivity index (χ1v) is 6.20. The first-order valence-electron chi connectivity index (χ1n) is 3.92. The lowest BCUT2D eigenvalue weighted by Gasteiger charge is -2.07. The van der Waals surface area contributed by atoms with E-state index in [4.69, 9.17) is 0 Å². The largest absolute Gasteiger partial charge is 0.244 e. The van der Waals surface area contributed by atoms with E-state index >= 15 is 0 Å². The molecule has 0 amide bonds. The molecule has 0 aliphatic carbocycles. The molecule has 0 spiro atoms. The molecule has 14 heavy (non-hydrogen) atoms. The van der Waals surface area contributed by atoms with Crippen LogP contribution < -0.4 is 4.72 Å². The van der Waals surface area contributed by atoms with Crippen LogP contribution in [0, 0.1) is 5.82 Å². The van der Waals surface area contributed by atoms with Crippen molar-refractivity contribution in [2.45, 2.75) is 11.8 Å². The Hall–Kier alpha value is -0.460. The van der Waals surface area contributed by atoms with Crippen LogP contribution in [0.3, 0.4) is 0 Å². The van der Waals surface area contributed by atoms with Gasteiger partial charge in [0.15, 0.2) is 0 Å². The number of hydrogen-bond acceptors (Lipinski definition) is 2. The minimum atomic E-state index is -3.74. The third-order valence-corrected chi connectivity index (χ3v) is 4.07. The third-order valence-electron chi connectivity index (χ3n) is 1.52. The highest BCUT2D eigenvalue weighted by atomic mass is 79.9. The van der Waals surface area contributed by atoms with E-state index in [0.717, 1.165) is 6.07 Å². The zero-order valence-electron chi connectivity index (χ0n) is 7.42. The molecule has 0 atom stereocenters. The van der Waals surface area contributed by atoms with Gasteiger partial charge in [0.05, 0.1) is 0 Å². The Morgan fingerprint density at radius 1 is 1.50 bits per heavy atom. The first-order chi connectivity index (χ1) is 6.49. The number of halogens is 2. The fourth-order valence-corrected chi connectivity index (χ4v) is 3.16. The topological polar surface area (TPSA) is 46.2 Å². The molecule has 0 bridgehead atoms. The molecule has 0 saturated carbocycles. The third kappa shape index (κ3) is 2.31. The lowest BCUT2D eigenvalue weighted by atomic mass is 10.3. The smallest absolute Gasteiger partial charge is 0.211 e. The van der Waals surface area contributed by atoms with E-state index in [-0.39, 0.29) is 15.9 Å². The molecule has 1 aromatic rings. The molecule has 0 aliphatic rings. The lowest BCUT2D eigenvalue weighted by molar-refractivity contribution is 0.557. The molecule has 78 valence electrons. The van der Waals surface area contributed by atoms with Crippen molar-refractivity contribution in [2.75, 3.05) is 6.54 Å². The summed E-state index contributed by atoms with van der Waals surface area (Å²) in [5.41, 5.74) is 0. The van der Waals surface area contributed by atoms with Gasteiger partial charge >= 0.3 is 0 Å². The molecule has 0 aromatic heterocycles. The van der Waals surface area contributed by atoms with Gasteiger partial charge in [0.1, 0.15) is 10.7 Å². The minimum absolute atomic E-state index is 0.221. The minimum Gasteiger partial charge on any atom is -0.211 e. The predicted octanol–water partition coefficient (Wildman–Crippen LogP) is 1.89. The standard InChI is InChI=1S/C8H9BrFNO2S/c1-2-11-14(12,13)8-6(9)4-3-5-7(8)10/h3-5,11H,2H2,1H3. The van der Waals surface area contributed by atoms with Crippen LogP contribution in [-0.4, -0.2) is 15.0 Å². The van der Waals surface area contributed by atoms with Crippen LogP contribution in [0.2, 0.25) is 0 Å². The van der Waals surface area contributed by atoms with E-state index in [9.17, 15) is 12.8 Å². The van der Waals surface area contributed by atoms with Gasteiger partial charge in [-0.3, -0.25) is 0 Å². The molecule has 1 aromatic carbocycles. The molecule has 3 nitrogen and oxygen atoms in total. The van der Waals surface area contributed by atoms with Gasteiger partial charge in [-0.2, -0.15) is 0 Å². The van der Waals surface area contributed by atoms with Crippen LogP contribution >= 0.6 is 15.9 Å². The van der Waals surface area contributed by atoms with Crippen LogP contribution in [0.1, 0.15) is 6.92 Å². The van der Waals surface area contributed by atoms with E-state index < -0.39 is 15.8 Å². The Labute approximate surface area is 90.5 Å². The Bertz CT molecular complexity index is 413. The van der Waals surface area contributed by atoms with Crippen LogP contribution in [-0.2, 0) is 10.0 Å². The van der Waals surface area contributed by atoms with Crippen LogP contribution in [0.4, 0.5) is 4.39 Å². The maximum Gasteiger partial charge on any atom is 0.244 e. The number of sulfonamides is 1. The fourth-order valence-electron chi connectivity index (χ4n) is 1.00. The molecule has 1 N–H and O–H groups in total. The van der Waals surface area contributed by atoms with Gasteiger partial charge in [-0.15, -0.1) is 0 Å². The molecular weight excluding hydrogens is 273 g/mol. The van der Waals surface area contributed by atoms with Crippen molar-refractivity contribution >= 4 is 26.0 Å². The van der Waals surface area contributed by atoms with Gasteiger partial charge in [0.2, 0.25) is 10.0 Å². The van der Waals surface area contributed by atoms with Crippen molar-refractivity contribution in [3.8, 4) is 0 Å². The van der Waals surface area contributed by atoms with Gasteiger partial charge in [0.25, 0.3) is 0 Å². The zero-order valence-corrected chi connectivity index (χ0v) is 9.82. The summed E-state index contributed by atoms with van der Waals surface area (Å²) in [4.78, 5) is -0.346. The highest BCUT2D eigenvalue weighted by molar-refractivity contribution is 9.10. The van der Waals surface area contributed by atoms with Gasteiger partial charge in [0, 0.05) is 11.0 Å². The molecule has 0 unspecified atom stereocenters. The molecule has 0 saturated heterocycles. The van der Waals surface area contributed by atoms with Gasteiger partial charge < -0.3 is 0 Å². The van der Waals surface area contributed by atoms with E-state index in [2.05, 4.69) is 20.7 Å². The molecular formula is C8H9BrFNO2S. The monoisotopic (exact) mass is 281 g/mol. The summed E-state index contributed by atoms with van der Waals surface area (Å²) in [6.07, 6.45) is 0. The highest BCUT2D eigenvalue weighted by Crippen LogP contribution is 2.24. The summed E-state index contributed by atoms with van der Waals surface area (Å²) in [7, 11) is -3.74. The molecule has 0 aliphatic heterocycles. The summed E-state index contributed by atoms with van der Waals surface area (Å²) in [6, 6.07) is 4.02.